The zero-order valence-corrected chi connectivity index (χ0v) is 67.2. The number of unbranched alkanes of at least 4 members (excludes halogenated alkanes) is 30. The van der Waals surface area contributed by atoms with Crippen LogP contribution in [0.25, 0.3) is 0 Å². The first-order valence-corrected chi connectivity index (χ1v) is 43.8. The molecule has 17 nitrogen and oxygen atoms in total. The van der Waals surface area contributed by atoms with Crippen molar-refractivity contribution >= 4 is 39.5 Å². The first-order chi connectivity index (χ1) is 50.7. The molecule has 104 heavy (non-hydrogen) atoms. The molecule has 0 aromatic heterocycles. The minimum Gasteiger partial charge on any atom is -0.462 e. The fourth-order valence-corrected chi connectivity index (χ4v) is 12.2. The zero-order valence-electron chi connectivity index (χ0n) is 65.4. The SMILES string of the molecule is CC/C=C\C/C=C\C/C=C\C/C=C\CCCCCCCCC(=O)OCC(COP(=O)(O)OCC(O)COP(=O)(O)OCC(COC(=O)CCCCCCC/C=C\C/C=C\CCC)OC(=O)CCCCCCC/C=C\CCCCCC)OC(=O)CCCCCCCC/C=C\C/C=C\C/C=C\CCCCC. The Morgan fingerprint density at radius 1 is 0.279 bits per heavy atom. The number of carbonyl (C=O) groups excluding carboxylic acids is 4. The van der Waals surface area contributed by atoms with E-state index in [2.05, 4.69) is 149 Å². The average molecular weight is 1500 g/mol. The number of allylic oxidation sites excluding steroid dienone is 20. The summed E-state index contributed by atoms with van der Waals surface area (Å²) in [5.74, 6) is -2.22. The van der Waals surface area contributed by atoms with Gasteiger partial charge in [0.25, 0.3) is 0 Å². The van der Waals surface area contributed by atoms with Crippen molar-refractivity contribution in [1.29, 1.82) is 0 Å². The van der Waals surface area contributed by atoms with Gasteiger partial charge in [0.15, 0.2) is 12.2 Å². The van der Waals surface area contributed by atoms with Crippen LogP contribution in [-0.2, 0) is 65.4 Å². The highest BCUT2D eigenvalue weighted by molar-refractivity contribution is 7.47. The molecule has 0 radical (unpaired) electrons. The van der Waals surface area contributed by atoms with E-state index in [1.807, 2.05) is 0 Å². The molecule has 0 aliphatic heterocycles. The number of hydrogen-bond donors (Lipinski definition) is 3. The molecular weight excluding hydrogens is 1350 g/mol. The molecule has 0 aromatic rings. The lowest BCUT2D eigenvalue weighted by Gasteiger charge is -2.21. The van der Waals surface area contributed by atoms with Crippen molar-refractivity contribution in [2.24, 2.45) is 0 Å². The Bertz CT molecular complexity index is 2440. The molecule has 0 spiro atoms. The van der Waals surface area contributed by atoms with Gasteiger partial charge in [-0.2, -0.15) is 0 Å². The van der Waals surface area contributed by atoms with Crippen LogP contribution in [-0.4, -0.2) is 96.7 Å². The number of rotatable bonds is 76. The average Bonchev–Trinajstić information content (AvgIpc) is 0.906. The van der Waals surface area contributed by atoms with Crippen molar-refractivity contribution < 1.29 is 80.2 Å². The number of esters is 4. The number of aliphatic hydroxyl groups is 1. The van der Waals surface area contributed by atoms with E-state index >= 15 is 0 Å². The van der Waals surface area contributed by atoms with E-state index in [-0.39, 0.29) is 25.7 Å². The Labute approximate surface area is 632 Å². The Morgan fingerprint density at radius 3 is 0.837 bits per heavy atom. The highest BCUT2D eigenvalue weighted by Gasteiger charge is 2.30. The monoisotopic (exact) mass is 1500 g/mol. The minimum absolute atomic E-state index is 0.0746. The van der Waals surface area contributed by atoms with Gasteiger partial charge in [-0.15, -0.1) is 0 Å². The maximum absolute atomic E-state index is 13.1. The van der Waals surface area contributed by atoms with Crippen molar-refractivity contribution in [2.75, 3.05) is 39.6 Å². The summed E-state index contributed by atoms with van der Waals surface area (Å²) in [7, 11) is -9.97. The van der Waals surface area contributed by atoms with E-state index in [9.17, 15) is 43.2 Å². The molecule has 598 valence electrons. The van der Waals surface area contributed by atoms with Gasteiger partial charge in [-0.05, 0) is 154 Å². The van der Waals surface area contributed by atoms with Gasteiger partial charge < -0.3 is 33.8 Å². The number of ether oxygens (including phenoxy) is 4. The van der Waals surface area contributed by atoms with E-state index in [1.165, 1.54) is 44.9 Å². The molecule has 0 aromatic carbocycles. The van der Waals surface area contributed by atoms with Gasteiger partial charge in [0.2, 0.25) is 0 Å². The number of aliphatic hydroxyl groups excluding tert-OH is 1. The Hall–Kier alpha value is -4.54. The smallest absolute Gasteiger partial charge is 0.462 e. The summed E-state index contributed by atoms with van der Waals surface area (Å²) in [6.07, 6.45) is 84.5. The maximum Gasteiger partial charge on any atom is 0.472 e. The van der Waals surface area contributed by atoms with Crippen molar-refractivity contribution in [3.05, 3.63) is 122 Å². The summed E-state index contributed by atoms with van der Waals surface area (Å²) in [5, 5.41) is 10.6. The first kappa shape index (κ1) is 99.5. The Kier molecular flexibility index (Phi) is 73.3. The third-order valence-corrected chi connectivity index (χ3v) is 18.8. The highest BCUT2D eigenvalue weighted by atomic mass is 31.2. The summed E-state index contributed by atoms with van der Waals surface area (Å²) in [4.78, 5) is 73.1. The molecule has 5 unspecified atom stereocenters. The topological polar surface area (TPSA) is 237 Å². The second-order valence-electron chi connectivity index (χ2n) is 27.0. The number of carbonyl (C=O) groups is 4. The Balaban J connectivity index is 5.39. The molecule has 0 saturated heterocycles. The summed E-state index contributed by atoms with van der Waals surface area (Å²) in [5.41, 5.74) is 0. The van der Waals surface area contributed by atoms with Gasteiger partial charge in [0, 0.05) is 25.7 Å². The second kappa shape index (κ2) is 76.6. The van der Waals surface area contributed by atoms with Crippen LogP contribution in [0.5, 0.6) is 0 Å². The van der Waals surface area contributed by atoms with Gasteiger partial charge in [0.05, 0.1) is 26.4 Å². The van der Waals surface area contributed by atoms with E-state index in [0.717, 1.165) is 212 Å². The third kappa shape index (κ3) is 75.7. The predicted molar refractivity (Wildman–Crippen MR) is 427 cm³/mol. The quantitative estimate of drug-likeness (QED) is 0.0169. The van der Waals surface area contributed by atoms with Crippen LogP contribution in [0, 0.1) is 0 Å². The molecule has 3 N–H and O–H groups in total. The van der Waals surface area contributed by atoms with Crippen molar-refractivity contribution in [1.82, 2.24) is 0 Å². The number of phosphoric acid groups is 2. The zero-order chi connectivity index (χ0) is 76.0. The lowest BCUT2D eigenvalue weighted by molar-refractivity contribution is -0.161. The van der Waals surface area contributed by atoms with Crippen LogP contribution in [0.2, 0.25) is 0 Å². The molecule has 0 aliphatic carbocycles. The van der Waals surface area contributed by atoms with Crippen LogP contribution in [0.1, 0.15) is 336 Å². The standard InChI is InChI=1S/C85H146O17P2/c1-5-9-13-17-21-25-29-33-35-37-39-41-43-47-50-54-58-62-66-70-83(88)96-76-81(102-85(90)72-68-64-60-56-52-48-44-42-40-38-36-34-30-26-22-18-14-10-6-2)78-100-104(93,94)98-74-79(86)73-97-103(91,92)99-77-80(101-84(89)71-67-63-59-55-51-46-32-28-24-20-16-12-8-4)75-95-82(87)69-65-61-57-53-49-45-31-27-23-19-15-11-7-3/h9,13,15,19,21-22,25-28,31-36,39-42,79-81,86H,5-8,10-12,14,16-18,20,23-24,29-30,37-38,43-78H2,1-4H3,(H,91,92)(H,93,94)/b13-9-,19-15-,25-21-,26-22-,31-27-,32-28-,35-33-,36-34-,41-39-,42-40-. The molecule has 0 heterocycles. The summed E-state index contributed by atoms with van der Waals surface area (Å²) >= 11 is 0. The highest BCUT2D eigenvalue weighted by Crippen LogP contribution is 2.45. The van der Waals surface area contributed by atoms with Crippen LogP contribution < -0.4 is 0 Å². The molecular formula is C85H146O17P2. The molecule has 0 saturated carbocycles. The van der Waals surface area contributed by atoms with Gasteiger partial charge in [0.1, 0.15) is 19.3 Å². The summed E-state index contributed by atoms with van der Waals surface area (Å²) in [6, 6.07) is 0. The molecule has 0 bridgehead atoms. The lowest BCUT2D eigenvalue weighted by Crippen LogP contribution is -2.30. The molecule has 0 amide bonds. The normalized spacial score (nSPS) is 14.5. The molecule has 0 rings (SSSR count). The maximum atomic E-state index is 13.1. The summed E-state index contributed by atoms with van der Waals surface area (Å²) < 4.78 is 68.6. The van der Waals surface area contributed by atoms with Crippen LogP contribution >= 0.6 is 15.6 Å². The van der Waals surface area contributed by atoms with Crippen molar-refractivity contribution in [2.45, 2.75) is 354 Å². The number of hydrogen-bond acceptors (Lipinski definition) is 15. The van der Waals surface area contributed by atoms with E-state index in [4.69, 9.17) is 37.0 Å². The fraction of sp³-hybridized carbons (Fsp3) is 0.718. The first-order valence-electron chi connectivity index (χ1n) is 40.8. The lowest BCUT2D eigenvalue weighted by atomic mass is 10.1. The minimum atomic E-state index is -4.99. The summed E-state index contributed by atoms with van der Waals surface area (Å²) in [6.45, 7) is 4.63. The van der Waals surface area contributed by atoms with E-state index in [1.54, 1.807) is 0 Å². The van der Waals surface area contributed by atoms with Gasteiger partial charge >= 0.3 is 39.5 Å². The Morgan fingerprint density at radius 2 is 0.519 bits per heavy atom. The third-order valence-electron chi connectivity index (χ3n) is 16.9. The number of phosphoric ester groups is 2. The van der Waals surface area contributed by atoms with Crippen LogP contribution in [0.15, 0.2) is 122 Å². The van der Waals surface area contributed by atoms with Crippen LogP contribution in [0.3, 0.4) is 0 Å². The van der Waals surface area contributed by atoms with Crippen molar-refractivity contribution in [3.63, 3.8) is 0 Å². The predicted octanol–water partition coefficient (Wildman–Crippen LogP) is 23.9. The van der Waals surface area contributed by atoms with Gasteiger partial charge in [-0.25, -0.2) is 9.13 Å². The molecule has 5 atom stereocenters. The second-order valence-corrected chi connectivity index (χ2v) is 29.9. The van der Waals surface area contributed by atoms with Crippen LogP contribution in [0.4, 0.5) is 0 Å². The molecule has 0 fully saturated rings. The van der Waals surface area contributed by atoms with Gasteiger partial charge in [-0.1, -0.05) is 278 Å². The molecule has 0 aliphatic rings. The van der Waals surface area contributed by atoms with Crippen molar-refractivity contribution in [3.8, 4) is 0 Å². The molecule has 19 heteroatoms. The fourth-order valence-electron chi connectivity index (χ4n) is 10.7. The van der Waals surface area contributed by atoms with E-state index in [0.29, 0.717) is 25.7 Å². The van der Waals surface area contributed by atoms with E-state index < -0.39 is 97.5 Å². The van der Waals surface area contributed by atoms with Gasteiger partial charge in [-0.3, -0.25) is 37.3 Å². The largest absolute Gasteiger partial charge is 0.472 e.